The third-order valence-electron chi connectivity index (χ3n) is 4.12. The van der Waals surface area contributed by atoms with Gasteiger partial charge >= 0.3 is 0 Å². The third kappa shape index (κ3) is 3.31. The molecular formula is C19H15ClN4O2S. The minimum Gasteiger partial charge on any atom is -0.336 e. The summed E-state index contributed by atoms with van der Waals surface area (Å²) < 4.78 is 5.20. The number of aryl methyl sites for hydroxylation is 3. The number of thiazole rings is 1. The standard InChI is InChI=1S/C19H15ClN4O2S/c1-9-8-14(15-10(2)24-26-18(15)21-9)17(25)23-19-22-16(11(3)27-19)12-4-6-13(20)7-5-12/h4-8H,1-3H3,(H,22,23,25). The second-order valence-electron chi connectivity index (χ2n) is 6.14. The van der Waals surface area contributed by atoms with E-state index in [0.29, 0.717) is 38.2 Å². The maximum Gasteiger partial charge on any atom is 0.258 e. The fraction of sp³-hybridized carbons (Fsp3) is 0.158. The van der Waals surface area contributed by atoms with Gasteiger partial charge in [0.25, 0.3) is 11.6 Å². The molecule has 0 aliphatic carbocycles. The molecule has 1 amide bonds. The van der Waals surface area contributed by atoms with Gasteiger partial charge in [0.15, 0.2) is 5.13 Å². The topological polar surface area (TPSA) is 80.9 Å². The number of anilines is 1. The Labute approximate surface area is 164 Å². The van der Waals surface area contributed by atoms with Crippen molar-refractivity contribution in [2.45, 2.75) is 20.8 Å². The predicted molar refractivity (Wildman–Crippen MR) is 107 cm³/mol. The average molecular weight is 399 g/mol. The number of nitrogens with zero attached hydrogens (tertiary/aromatic N) is 3. The van der Waals surface area contributed by atoms with Crippen LogP contribution in [0.4, 0.5) is 5.13 Å². The van der Waals surface area contributed by atoms with Crippen LogP contribution in [0.3, 0.4) is 0 Å². The van der Waals surface area contributed by atoms with Gasteiger partial charge < -0.3 is 4.52 Å². The normalized spacial score (nSPS) is 11.1. The van der Waals surface area contributed by atoms with E-state index in [9.17, 15) is 4.79 Å². The van der Waals surface area contributed by atoms with E-state index in [2.05, 4.69) is 20.4 Å². The van der Waals surface area contributed by atoms with E-state index in [1.807, 2.05) is 31.2 Å². The summed E-state index contributed by atoms with van der Waals surface area (Å²) in [5.41, 5.74) is 3.91. The van der Waals surface area contributed by atoms with Crippen molar-refractivity contribution in [2.24, 2.45) is 0 Å². The zero-order valence-corrected chi connectivity index (χ0v) is 16.4. The molecule has 1 N–H and O–H groups in total. The smallest absolute Gasteiger partial charge is 0.258 e. The van der Waals surface area contributed by atoms with Crippen LogP contribution in [0.25, 0.3) is 22.4 Å². The van der Waals surface area contributed by atoms with Crippen molar-refractivity contribution in [2.75, 3.05) is 5.32 Å². The number of rotatable bonds is 3. The number of hydrogen-bond donors (Lipinski definition) is 1. The molecule has 0 spiro atoms. The summed E-state index contributed by atoms with van der Waals surface area (Å²) in [6, 6.07) is 9.18. The highest BCUT2D eigenvalue weighted by Gasteiger charge is 2.19. The maximum atomic E-state index is 12.9. The Morgan fingerprint density at radius 3 is 2.63 bits per heavy atom. The second kappa shape index (κ2) is 6.75. The lowest BCUT2D eigenvalue weighted by molar-refractivity contribution is 0.102. The summed E-state index contributed by atoms with van der Waals surface area (Å²) in [5, 5.41) is 8.60. The lowest BCUT2D eigenvalue weighted by Gasteiger charge is -2.04. The number of aromatic nitrogens is 3. The molecule has 4 aromatic rings. The van der Waals surface area contributed by atoms with Gasteiger partial charge in [-0.3, -0.25) is 10.1 Å². The highest BCUT2D eigenvalue weighted by atomic mass is 35.5. The van der Waals surface area contributed by atoms with Crippen molar-refractivity contribution >= 4 is 45.1 Å². The lowest BCUT2D eigenvalue weighted by atomic mass is 10.1. The first kappa shape index (κ1) is 17.6. The summed E-state index contributed by atoms with van der Waals surface area (Å²) in [6.45, 7) is 5.56. The van der Waals surface area contributed by atoms with Gasteiger partial charge in [-0.25, -0.2) is 9.97 Å². The number of halogens is 1. The second-order valence-corrected chi connectivity index (χ2v) is 7.78. The van der Waals surface area contributed by atoms with Crippen molar-refractivity contribution in [3.63, 3.8) is 0 Å². The van der Waals surface area contributed by atoms with Crippen LogP contribution in [0, 0.1) is 20.8 Å². The fourth-order valence-corrected chi connectivity index (χ4v) is 3.84. The molecule has 0 bridgehead atoms. The van der Waals surface area contributed by atoms with E-state index < -0.39 is 0 Å². The summed E-state index contributed by atoms with van der Waals surface area (Å²) >= 11 is 7.37. The molecule has 0 radical (unpaired) electrons. The Morgan fingerprint density at radius 1 is 1.15 bits per heavy atom. The molecule has 3 aromatic heterocycles. The zero-order chi connectivity index (χ0) is 19.1. The molecule has 0 aliphatic heterocycles. The Balaban J connectivity index is 1.67. The number of hydrogen-bond acceptors (Lipinski definition) is 6. The molecule has 136 valence electrons. The van der Waals surface area contributed by atoms with Crippen LogP contribution >= 0.6 is 22.9 Å². The number of carbonyl (C=O) groups is 1. The molecule has 0 aliphatic rings. The van der Waals surface area contributed by atoms with Crippen LogP contribution in [-0.2, 0) is 0 Å². The van der Waals surface area contributed by atoms with E-state index in [4.69, 9.17) is 16.1 Å². The van der Waals surface area contributed by atoms with Crippen LogP contribution in [0.1, 0.15) is 26.6 Å². The number of fused-ring (bicyclic) bond motifs is 1. The first-order valence-corrected chi connectivity index (χ1v) is 9.40. The molecule has 0 saturated carbocycles. The quantitative estimate of drug-likeness (QED) is 0.514. The molecule has 3 heterocycles. The highest BCUT2D eigenvalue weighted by Crippen LogP contribution is 2.32. The molecular weight excluding hydrogens is 384 g/mol. The van der Waals surface area contributed by atoms with Gasteiger partial charge in [0.1, 0.15) is 0 Å². The Morgan fingerprint density at radius 2 is 1.89 bits per heavy atom. The van der Waals surface area contributed by atoms with Crippen LogP contribution < -0.4 is 5.32 Å². The molecule has 0 saturated heterocycles. The predicted octanol–water partition coefficient (Wildman–Crippen LogP) is 5.18. The van der Waals surface area contributed by atoms with E-state index in [0.717, 1.165) is 16.1 Å². The Hall–Kier alpha value is -2.77. The molecule has 6 nitrogen and oxygen atoms in total. The summed E-state index contributed by atoms with van der Waals surface area (Å²) in [4.78, 5) is 22.7. The van der Waals surface area contributed by atoms with Crippen LogP contribution in [0.2, 0.25) is 5.02 Å². The number of amides is 1. The Bertz CT molecular complexity index is 1160. The molecule has 8 heteroatoms. The van der Waals surface area contributed by atoms with Crippen LogP contribution in [0.5, 0.6) is 0 Å². The van der Waals surface area contributed by atoms with E-state index in [1.165, 1.54) is 11.3 Å². The molecule has 1 aromatic carbocycles. The summed E-state index contributed by atoms with van der Waals surface area (Å²) in [5.74, 6) is -0.270. The van der Waals surface area contributed by atoms with Crippen molar-refractivity contribution in [1.82, 2.24) is 15.1 Å². The van der Waals surface area contributed by atoms with Gasteiger partial charge in [-0.05, 0) is 39.0 Å². The largest absolute Gasteiger partial charge is 0.336 e. The van der Waals surface area contributed by atoms with Gasteiger partial charge in [0, 0.05) is 21.2 Å². The van der Waals surface area contributed by atoms with Crippen molar-refractivity contribution < 1.29 is 9.32 Å². The fourth-order valence-electron chi connectivity index (χ4n) is 2.89. The van der Waals surface area contributed by atoms with E-state index in [1.54, 1.807) is 19.9 Å². The van der Waals surface area contributed by atoms with Crippen molar-refractivity contribution in [1.29, 1.82) is 0 Å². The number of benzene rings is 1. The SMILES string of the molecule is Cc1cc(C(=O)Nc2nc(-c3ccc(Cl)cc3)c(C)s2)c2c(C)noc2n1. The monoisotopic (exact) mass is 398 g/mol. The lowest BCUT2D eigenvalue weighted by Crippen LogP contribution is -2.13. The van der Waals surface area contributed by atoms with E-state index in [-0.39, 0.29) is 5.91 Å². The minimum absolute atomic E-state index is 0.270. The van der Waals surface area contributed by atoms with Crippen LogP contribution in [-0.4, -0.2) is 21.0 Å². The third-order valence-corrected chi connectivity index (χ3v) is 5.26. The first-order valence-electron chi connectivity index (χ1n) is 8.20. The molecule has 4 rings (SSSR count). The number of pyridine rings is 1. The van der Waals surface area contributed by atoms with E-state index >= 15 is 0 Å². The van der Waals surface area contributed by atoms with Gasteiger partial charge in [-0.2, -0.15) is 0 Å². The maximum absolute atomic E-state index is 12.9. The van der Waals surface area contributed by atoms with Crippen molar-refractivity contribution in [3.8, 4) is 11.3 Å². The zero-order valence-electron chi connectivity index (χ0n) is 14.8. The van der Waals surface area contributed by atoms with Crippen molar-refractivity contribution in [3.05, 3.63) is 57.2 Å². The first-order chi connectivity index (χ1) is 12.9. The highest BCUT2D eigenvalue weighted by molar-refractivity contribution is 7.16. The molecule has 0 atom stereocenters. The average Bonchev–Trinajstić information content (AvgIpc) is 3.17. The number of carbonyl (C=O) groups excluding carboxylic acids is 1. The van der Waals surface area contributed by atoms with Crippen LogP contribution in [0.15, 0.2) is 34.9 Å². The molecule has 27 heavy (non-hydrogen) atoms. The van der Waals surface area contributed by atoms with Gasteiger partial charge in [-0.1, -0.05) is 28.9 Å². The minimum atomic E-state index is -0.270. The summed E-state index contributed by atoms with van der Waals surface area (Å²) in [7, 11) is 0. The Kier molecular flexibility index (Phi) is 4.41. The van der Waals surface area contributed by atoms with Gasteiger partial charge in [0.05, 0.1) is 22.3 Å². The molecule has 0 unspecified atom stereocenters. The summed E-state index contributed by atoms with van der Waals surface area (Å²) in [6.07, 6.45) is 0. The van der Waals surface area contributed by atoms with Gasteiger partial charge in [0.2, 0.25) is 0 Å². The van der Waals surface area contributed by atoms with Gasteiger partial charge in [-0.15, -0.1) is 11.3 Å². The number of nitrogens with one attached hydrogen (secondary N) is 1. The molecule has 0 fully saturated rings.